The highest BCUT2D eigenvalue weighted by Gasteiger charge is 2.10. The van der Waals surface area contributed by atoms with Gasteiger partial charge in [0.1, 0.15) is 0 Å². The smallest absolute Gasteiger partial charge is 0.267 e. The lowest BCUT2D eigenvalue weighted by Crippen LogP contribution is -2.11. The van der Waals surface area contributed by atoms with Crippen LogP contribution in [-0.2, 0) is 0 Å². The third-order valence-electron chi connectivity index (χ3n) is 3.06. The first-order chi connectivity index (χ1) is 8.66. The minimum absolute atomic E-state index is 0.0718. The Kier molecular flexibility index (Phi) is 2.56. The number of aryl methyl sites for hydroxylation is 2. The molecule has 0 unspecified atom stereocenters. The molecule has 0 saturated heterocycles. The van der Waals surface area contributed by atoms with E-state index in [1.54, 1.807) is 3.96 Å². The quantitative estimate of drug-likeness (QED) is 0.650. The number of hydrogen-bond donors (Lipinski definition) is 0. The van der Waals surface area contributed by atoms with Gasteiger partial charge in [-0.05, 0) is 37.6 Å². The Labute approximate surface area is 109 Å². The van der Waals surface area contributed by atoms with Crippen molar-refractivity contribution in [3.8, 4) is 5.69 Å². The summed E-state index contributed by atoms with van der Waals surface area (Å²) in [7, 11) is 0. The van der Waals surface area contributed by atoms with Gasteiger partial charge in [0.2, 0.25) is 0 Å². The summed E-state index contributed by atoms with van der Waals surface area (Å²) in [5, 5.41) is 0.794. The van der Waals surface area contributed by atoms with E-state index >= 15 is 0 Å². The Bertz CT molecular complexity index is 783. The molecule has 0 fully saturated rings. The van der Waals surface area contributed by atoms with Gasteiger partial charge in [0.05, 0.1) is 15.8 Å². The summed E-state index contributed by atoms with van der Waals surface area (Å²) < 4.78 is 2.81. The molecule has 0 spiro atoms. The van der Waals surface area contributed by atoms with E-state index in [2.05, 4.69) is 13.0 Å². The molecular weight excluding hydrogens is 242 g/mol. The Balaban J connectivity index is 2.32. The topological polar surface area (TPSA) is 22.0 Å². The van der Waals surface area contributed by atoms with E-state index in [0.29, 0.717) is 0 Å². The molecule has 3 heteroatoms. The predicted octanol–water partition coefficient (Wildman–Crippen LogP) is 3.67. The van der Waals surface area contributed by atoms with Crippen LogP contribution in [0.5, 0.6) is 0 Å². The van der Waals surface area contributed by atoms with Crippen LogP contribution in [0.3, 0.4) is 0 Å². The third kappa shape index (κ3) is 1.68. The summed E-state index contributed by atoms with van der Waals surface area (Å²) in [6.45, 7) is 4.10. The lowest BCUT2D eigenvalue weighted by Gasteiger charge is -2.05. The minimum atomic E-state index is 0.0718. The second-order valence-electron chi connectivity index (χ2n) is 4.48. The first-order valence-electron chi connectivity index (χ1n) is 5.85. The van der Waals surface area contributed by atoms with Crippen molar-refractivity contribution in [1.29, 1.82) is 0 Å². The van der Waals surface area contributed by atoms with Crippen LogP contribution in [0.2, 0.25) is 0 Å². The molecule has 3 aromatic rings. The summed E-state index contributed by atoms with van der Waals surface area (Å²) in [6, 6.07) is 13.9. The summed E-state index contributed by atoms with van der Waals surface area (Å²) in [4.78, 5) is 12.3. The van der Waals surface area contributed by atoms with Crippen molar-refractivity contribution < 1.29 is 0 Å². The van der Waals surface area contributed by atoms with Gasteiger partial charge in [-0.3, -0.25) is 4.79 Å². The molecule has 90 valence electrons. The first kappa shape index (κ1) is 11.2. The van der Waals surface area contributed by atoms with Crippen LogP contribution in [0.1, 0.15) is 11.1 Å². The van der Waals surface area contributed by atoms with Gasteiger partial charge in [-0.15, -0.1) is 0 Å². The summed E-state index contributed by atoms with van der Waals surface area (Å²) in [5.74, 6) is 0. The Hall–Kier alpha value is -1.87. The average molecular weight is 255 g/mol. The zero-order valence-electron chi connectivity index (χ0n) is 10.3. The number of aromatic nitrogens is 1. The van der Waals surface area contributed by atoms with Crippen LogP contribution < -0.4 is 5.56 Å². The van der Waals surface area contributed by atoms with Crippen molar-refractivity contribution in [2.75, 3.05) is 0 Å². The van der Waals surface area contributed by atoms with Gasteiger partial charge in [0.25, 0.3) is 5.56 Å². The fourth-order valence-electron chi connectivity index (χ4n) is 2.16. The van der Waals surface area contributed by atoms with E-state index in [1.165, 1.54) is 17.1 Å². The number of fused-ring (bicyclic) bond motifs is 1. The maximum Gasteiger partial charge on any atom is 0.273 e. The fraction of sp³-hybridized carbons (Fsp3) is 0.133. The standard InChI is InChI=1S/C15H13NOS/c1-10-7-8-13(11(2)9-10)16-15(17)12-5-3-4-6-14(12)18-16/h3-9H,1-2H3. The van der Waals surface area contributed by atoms with Crippen LogP contribution in [0.15, 0.2) is 47.3 Å². The van der Waals surface area contributed by atoms with E-state index in [1.807, 2.05) is 43.3 Å². The molecule has 0 aliphatic heterocycles. The van der Waals surface area contributed by atoms with Gasteiger partial charge in [-0.1, -0.05) is 41.4 Å². The maximum atomic E-state index is 12.3. The van der Waals surface area contributed by atoms with Crippen molar-refractivity contribution in [2.45, 2.75) is 13.8 Å². The number of hydrogen-bond acceptors (Lipinski definition) is 2. The van der Waals surface area contributed by atoms with E-state index in [9.17, 15) is 4.79 Å². The Morgan fingerprint density at radius 3 is 2.56 bits per heavy atom. The van der Waals surface area contributed by atoms with Gasteiger partial charge >= 0.3 is 0 Å². The average Bonchev–Trinajstić information content (AvgIpc) is 2.68. The van der Waals surface area contributed by atoms with Crippen molar-refractivity contribution in [3.63, 3.8) is 0 Å². The summed E-state index contributed by atoms with van der Waals surface area (Å²) >= 11 is 1.50. The van der Waals surface area contributed by atoms with Gasteiger partial charge in [0.15, 0.2) is 0 Å². The van der Waals surface area contributed by atoms with Crippen LogP contribution in [-0.4, -0.2) is 3.96 Å². The lowest BCUT2D eigenvalue weighted by atomic mass is 10.1. The van der Waals surface area contributed by atoms with Crippen LogP contribution >= 0.6 is 11.5 Å². The molecule has 0 aliphatic carbocycles. The van der Waals surface area contributed by atoms with Crippen molar-refractivity contribution >= 4 is 21.6 Å². The van der Waals surface area contributed by atoms with Gasteiger partial charge in [-0.25, -0.2) is 3.96 Å². The van der Waals surface area contributed by atoms with Crippen LogP contribution in [0, 0.1) is 13.8 Å². The predicted molar refractivity (Wildman–Crippen MR) is 76.9 cm³/mol. The highest BCUT2D eigenvalue weighted by atomic mass is 32.1. The normalized spacial score (nSPS) is 11.0. The molecule has 1 aromatic heterocycles. The first-order valence-corrected chi connectivity index (χ1v) is 6.63. The number of benzene rings is 2. The molecule has 0 radical (unpaired) electrons. The minimum Gasteiger partial charge on any atom is -0.267 e. The second kappa shape index (κ2) is 4.10. The zero-order chi connectivity index (χ0) is 12.7. The van der Waals surface area contributed by atoms with Gasteiger partial charge < -0.3 is 0 Å². The molecule has 18 heavy (non-hydrogen) atoms. The molecule has 0 atom stereocenters. The molecule has 0 aliphatic rings. The largest absolute Gasteiger partial charge is 0.273 e. The Morgan fingerprint density at radius 2 is 1.83 bits per heavy atom. The lowest BCUT2D eigenvalue weighted by molar-refractivity contribution is 1.11. The van der Waals surface area contributed by atoms with E-state index in [4.69, 9.17) is 0 Å². The fourth-order valence-corrected chi connectivity index (χ4v) is 3.24. The van der Waals surface area contributed by atoms with Crippen molar-refractivity contribution in [3.05, 3.63) is 63.9 Å². The molecule has 3 rings (SSSR count). The van der Waals surface area contributed by atoms with Gasteiger partial charge in [0, 0.05) is 0 Å². The molecule has 0 N–H and O–H groups in total. The van der Waals surface area contributed by atoms with E-state index in [-0.39, 0.29) is 5.56 Å². The number of rotatable bonds is 1. The van der Waals surface area contributed by atoms with Crippen molar-refractivity contribution in [2.24, 2.45) is 0 Å². The van der Waals surface area contributed by atoms with Crippen LogP contribution in [0.4, 0.5) is 0 Å². The zero-order valence-corrected chi connectivity index (χ0v) is 11.1. The monoisotopic (exact) mass is 255 g/mol. The van der Waals surface area contributed by atoms with E-state index < -0.39 is 0 Å². The maximum absolute atomic E-state index is 12.3. The SMILES string of the molecule is Cc1ccc(-n2sc3ccccc3c2=O)c(C)c1. The molecular formula is C15H13NOS. The molecule has 2 nitrogen and oxygen atoms in total. The Morgan fingerprint density at radius 1 is 1.06 bits per heavy atom. The number of nitrogens with zero attached hydrogens (tertiary/aromatic N) is 1. The molecule has 0 saturated carbocycles. The molecule has 0 amide bonds. The summed E-state index contributed by atoms with van der Waals surface area (Å²) in [6.07, 6.45) is 0. The van der Waals surface area contributed by atoms with Crippen LogP contribution in [0.25, 0.3) is 15.8 Å². The molecule has 0 bridgehead atoms. The van der Waals surface area contributed by atoms with E-state index in [0.717, 1.165) is 21.3 Å². The molecule has 2 aromatic carbocycles. The second-order valence-corrected chi connectivity index (χ2v) is 5.46. The highest BCUT2D eigenvalue weighted by molar-refractivity contribution is 7.14. The highest BCUT2D eigenvalue weighted by Crippen LogP contribution is 2.22. The third-order valence-corrected chi connectivity index (χ3v) is 4.16. The van der Waals surface area contributed by atoms with Gasteiger partial charge in [-0.2, -0.15) is 0 Å². The van der Waals surface area contributed by atoms with Crippen molar-refractivity contribution in [1.82, 2.24) is 3.96 Å². The summed E-state index contributed by atoms with van der Waals surface area (Å²) in [5.41, 5.74) is 3.39. The molecule has 1 heterocycles.